The van der Waals surface area contributed by atoms with Gasteiger partial charge in [-0.05, 0) is 31.6 Å². The summed E-state index contributed by atoms with van der Waals surface area (Å²) in [5.74, 6) is 0. The van der Waals surface area contributed by atoms with E-state index in [0.717, 1.165) is 19.8 Å². The minimum atomic E-state index is 0.537. The van der Waals surface area contributed by atoms with Gasteiger partial charge in [0.15, 0.2) is 0 Å². The van der Waals surface area contributed by atoms with Crippen molar-refractivity contribution in [2.24, 2.45) is 5.41 Å². The first-order chi connectivity index (χ1) is 7.74. The van der Waals surface area contributed by atoms with E-state index in [1.165, 1.54) is 38.9 Å². The highest BCUT2D eigenvalue weighted by Crippen LogP contribution is 2.35. The predicted molar refractivity (Wildman–Crippen MR) is 66.7 cm³/mol. The molecule has 0 saturated carbocycles. The molecule has 94 valence electrons. The van der Waals surface area contributed by atoms with Gasteiger partial charge in [0.25, 0.3) is 0 Å². The molecule has 0 bridgehead atoms. The van der Waals surface area contributed by atoms with Gasteiger partial charge >= 0.3 is 0 Å². The molecule has 0 aromatic heterocycles. The molecule has 0 spiro atoms. The van der Waals surface area contributed by atoms with Crippen LogP contribution in [-0.2, 0) is 4.74 Å². The van der Waals surface area contributed by atoms with Crippen LogP contribution in [0.3, 0.4) is 0 Å². The van der Waals surface area contributed by atoms with Crippen LogP contribution in [0.25, 0.3) is 0 Å². The van der Waals surface area contributed by atoms with Crippen molar-refractivity contribution in [1.82, 2.24) is 10.2 Å². The first kappa shape index (κ1) is 12.3. The molecule has 2 heterocycles. The van der Waals surface area contributed by atoms with Gasteiger partial charge < -0.3 is 10.1 Å². The van der Waals surface area contributed by atoms with E-state index in [2.05, 4.69) is 24.1 Å². The Hall–Kier alpha value is -0.120. The number of nitrogens with one attached hydrogen (secondary N) is 1. The van der Waals surface area contributed by atoms with E-state index in [1.807, 2.05) is 0 Å². The van der Waals surface area contributed by atoms with Crippen molar-refractivity contribution >= 4 is 0 Å². The zero-order valence-corrected chi connectivity index (χ0v) is 10.8. The maximum atomic E-state index is 5.51. The Morgan fingerprint density at radius 1 is 1.38 bits per heavy atom. The quantitative estimate of drug-likeness (QED) is 0.789. The van der Waals surface area contributed by atoms with Crippen LogP contribution in [0.4, 0.5) is 0 Å². The highest BCUT2D eigenvalue weighted by molar-refractivity contribution is 4.86. The van der Waals surface area contributed by atoms with Crippen LogP contribution in [0, 0.1) is 5.41 Å². The Kier molecular flexibility index (Phi) is 4.22. The summed E-state index contributed by atoms with van der Waals surface area (Å²) in [5.41, 5.74) is 0.537. The third kappa shape index (κ3) is 2.96. The maximum Gasteiger partial charge on any atom is 0.0471 e. The molecular formula is C13H26N2O. The topological polar surface area (TPSA) is 24.5 Å². The van der Waals surface area contributed by atoms with Crippen molar-refractivity contribution in [1.29, 1.82) is 0 Å². The third-order valence-corrected chi connectivity index (χ3v) is 4.32. The molecule has 2 saturated heterocycles. The zero-order valence-electron chi connectivity index (χ0n) is 10.8. The Bertz CT molecular complexity index is 214. The van der Waals surface area contributed by atoms with Crippen molar-refractivity contribution in [2.45, 2.75) is 39.2 Å². The van der Waals surface area contributed by atoms with E-state index in [-0.39, 0.29) is 0 Å². The predicted octanol–water partition coefficient (Wildman–Crippen LogP) is 1.49. The van der Waals surface area contributed by atoms with E-state index in [9.17, 15) is 0 Å². The Morgan fingerprint density at radius 3 is 2.75 bits per heavy atom. The molecule has 0 radical (unpaired) electrons. The lowest BCUT2D eigenvalue weighted by molar-refractivity contribution is -0.0107. The van der Waals surface area contributed by atoms with E-state index in [1.54, 1.807) is 0 Å². The summed E-state index contributed by atoms with van der Waals surface area (Å²) in [7, 11) is 0. The van der Waals surface area contributed by atoms with Crippen LogP contribution in [0.15, 0.2) is 0 Å². The average molecular weight is 226 g/mol. The fraction of sp³-hybridized carbons (Fsp3) is 1.00. The lowest BCUT2D eigenvalue weighted by Gasteiger charge is -2.43. The van der Waals surface area contributed by atoms with Crippen LogP contribution in [0.2, 0.25) is 0 Å². The second kappa shape index (κ2) is 5.48. The molecule has 1 N–H and O–H groups in total. The molecule has 2 rings (SSSR count). The fourth-order valence-corrected chi connectivity index (χ4v) is 3.06. The van der Waals surface area contributed by atoms with Crippen LogP contribution in [0.5, 0.6) is 0 Å². The molecule has 0 aliphatic carbocycles. The van der Waals surface area contributed by atoms with Gasteiger partial charge in [-0.25, -0.2) is 0 Å². The number of hydrogen-bond acceptors (Lipinski definition) is 3. The van der Waals surface area contributed by atoms with Gasteiger partial charge in [-0.3, -0.25) is 4.90 Å². The van der Waals surface area contributed by atoms with Gasteiger partial charge in [0.2, 0.25) is 0 Å². The van der Waals surface area contributed by atoms with Gasteiger partial charge in [0, 0.05) is 45.4 Å². The molecule has 1 atom stereocenters. The summed E-state index contributed by atoms with van der Waals surface area (Å²) in [6, 6.07) is 0.655. The largest absolute Gasteiger partial charge is 0.381 e. The van der Waals surface area contributed by atoms with Gasteiger partial charge in [-0.15, -0.1) is 0 Å². The molecule has 3 nitrogen and oxygen atoms in total. The van der Waals surface area contributed by atoms with Crippen LogP contribution in [0.1, 0.15) is 33.1 Å². The number of rotatable bonds is 3. The van der Waals surface area contributed by atoms with Crippen molar-refractivity contribution in [3.05, 3.63) is 0 Å². The molecule has 2 aliphatic heterocycles. The van der Waals surface area contributed by atoms with Crippen LogP contribution in [-0.4, -0.2) is 50.3 Å². The zero-order chi connectivity index (χ0) is 11.4. The maximum absolute atomic E-state index is 5.51. The highest BCUT2D eigenvalue weighted by Gasteiger charge is 2.33. The van der Waals surface area contributed by atoms with E-state index < -0.39 is 0 Å². The fourth-order valence-electron chi connectivity index (χ4n) is 3.06. The van der Waals surface area contributed by atoms with Crippen molar-refractivity contribution in [2.75, 3.05) is 39.4 Å². The van der Waals surface area contributed by atoms with E-state index in [4.69, 9.17) is 4.74 Å². The molecule has 2 fully saturated rings. The SMILES string of the molecule is CCC1(CN2CCN[C@H](C)C2)CCOCC1. The summed E-state index contributed by atoms with van der Waals surface area (Å²) in [4.78, 5) is 2.65. The summed E-state index contributed by atoms with van der Waals surface area (Å²) in [6.07, 6.45) is 3.80. The summed E-state index contributed by atoms with van der Waals surface area (Å²) in [5, 5.41) is 3.51. The van der Waals surface area contributed by atoms with E-state index >= 15 is 0 Å². The number of ether oxygens (including phenoxy) is 1. The molecule has 0 aromatic carbocycles. The van der Waals surface area contributed by atoms with E-state index in [0.29, 0.717) is 11.5 Å². The monoisotopic (exact) mass is 226 g/mol. The van der Waals surface area contributed by atoms with Crippen LogP contribution >= 0.6 is 0 Å². The molecule has 0 aromatic rings. The number of piperazine rings is 1. The minimum absolute atomic E-state index is 0.537. The van der Waals surface area contributed by atoms with Gasteiger partial charge in [-0.2, -0.15) is 0 Å². The summed E-state index contributed by atoms with van der Waals surface area (Å²) in [6.45, 7) is 11.4. The number of hydrogen-bond donors (Lipinski definition) is 1. The molecular weight excluding hydrogens is 200 g/mol. The van der Waals surface area contributed by atoms with Crippen molar-refractivity contribution in [3.8, 4) is 0 Å². The minimum Gasteiger partial charge on any atom is -0.381 e. The lowest BCUT2D eigenvalue weighted by atomic mass is 9.77. The molecule has 0 amide bonds. The smallest absolute Gasteiger partial charge is 0.0471 e. The van der Waals surface area contributed by atoms with Gasteiger partial charge in [0.05, 0.1) is 0 Å². The van der Waals surface area contributed by atoms with Gasteiger partial charge in [0.1, 0.15) is 0 Å². The second-order valence-electron chi connectivity index (χ2n) is 5.56. The lowest BCUT2D eigenvalue weighted by Crippen LogP contribution is -2.52. The Labute approximate surface area is 99.5 Å². The first-order valence-corrected chi connectivity index (χ1v) is 6.78. The highest BCUT2D eigenvalue weighted by atomic mass is 16.5. The summed E-state index contributed by atoms with van der Waals surface area (Å²) < 4.78 is 5.51. The average Bonchev–Trinajstić information content (AvgIpc) is 2.30. The molecule has 3 heteroatoms. The van der Waals surface area contributed by atoms with Crippen molar-refractivity contribution < 1.29 is 4.74 Å². The number of nitrogens with zero attached hydrogens (tertiary/aromatic N) is 1. The molecule has 0 unspecified atom stereocenters. The standard InChI is InChI=1S/C13H26N2O/c1-3-13(4-8-16-9-5-13)11-15-7-6-14-12(2)10-15/h12,14H,3-11H2,1-2H3/t12-/m1/s1. The van der Waals surface area contributed by atoms with Crippen molar-refractivity contribution in [3.63, 3.8) is 0 Å². The molecule has 2 aliphatic rings. The Balaban J connectivity index is 1.89. The summed E-state index contributed by atoms with van der Waals surface area (Å²) >= 11 is 0. The molecule has 16 heavy (non-hydrogen) atoms. The second-order valence-corrected chi connectivity index (χ2v) is 5.56. The van der Waals surface area contributed by atoms with Crippen LogP contribution < -0.4 is 5.32 Å². The normalized spacial score (nSPS) is 31.5. The third-order valence-electron chi connectivity index (χ3n) is 4.32. The van der Waals surface area contributed by atoms with Gasteiger partial charge in [-0.1, -0.05) is 6.92 Å². The Morgan fingerprint density at radius 2 is 2.12 bits per heavy atom. The first-order valence-electron chi connectivity index (χ1n) is 6.78.